The number of hydrogen-bond acceptors (Lipinski definition) is 3. The lowest BCUT2D eigenvalue weighted by molar-refractivity contribution is 0.276. The van der Waals surface area contributed by atoms with Crippen LogP contribution >= 0.6 is 15.9 Å². The van der Waals surface area contributed by atoms with E-state index in [2.05, 4.69) is 20.9 Å². The summed E-state index contributed by atoms with van der Waals surface area (Å²) < 4.78 is 3.03. The maximum atomic E-state index is 9.07. The van der Waals surface area contributed by atoms with Crippen molar-refractivity contribution in [3.8, 4) is 0 Å². The Morgan fingerprint density at radius 2 is 2.25 bits per heavy atom. The molecule has 16 heavy (non-hydrogen) atoms. The summed E-state index contributed by atoms with van der Waals surface area (Å²) in [6.45, 7) is 1.23. The Morgan fingerprint density at radius 1 is 1.44 bits per heavy atom. The second-order valence-corrected chi connectivity index (χ2v) is 4.49. The Balaban J connectivity index is 2.57. The molecule has 0 aliphatic carbocycles. The van der Waals surface area contributed by atoms with Crippen LogP contribution in [0.15, 0.2) is 22.7 Å². The standard InChI is InChI=1S/C11H14BrN3O/c12-8-1-2-9-10(7-8)15(5-6-16)11(14-9)3-4-13/h1-2,7,16H,3-6,13H2. The number of aromatic nitrogens is 2. The number of aliphatic hydroxyl groups excluding tert-OH is 1. The van der Waals surface area contributed by atoms with Crippen LogP contribution in [0.2, 0.25) is 0 Å². The molecule has 1 aromatic heterocycles. The average molecular weight is 284 g/mol. The highest BCUT2D eigenvalue weighted by Gasteiger charge is 2.09. The molecule has 0 radical (unpaired) electrons. The zero-order valence-corrected chi connectivity index (χ0v) is 10.4. The van der Waals surface area contributed by atoms with Gasteiger partial charge in [0.2, 0.25) is 0 Å². The van der Waals surface area contributed by atoms with E-state index < -0.39 is 0 Å². The molecule has 1 heterocycles. The number of nitrogens with zero attached hydrogens (tertiary/aromatic N) is 2. The third-order valence-electron chi connectivity index (χ3n) is 2.48. The number of benzene rings is 1. The smallest absolute Gasteiger partial charge is 0.111 e. The van der Waals surface area contributed by atoms with Gasteiger partial charge in [-0.15, -0.1) is 0 Å². The molecule has 3 N–H and O–H groups in total. The lowest BCUT2D eigenvalue weighted by atomic mass is 10.3. The average Bonchev–Trinajstić information content (AvgIpc) is 2.58. The molecule has 0 atom stereocenters. The summed E-state index contributed by atoms with van der Waals surface area (Å²) in [5, 5.41) is 9.07. The van der Waals surface area contributed by atoms with Crippen molar-refractivity contribution in [2.75, 3.05) is 13.2 Å². The molecule has 0 aliphatic rings. The highest BCUT2D eigenvalue weighted by Crippen LogP contribution is 2.21. The number of nitrogens with two attached hydrogens (primary N) is 1. The van der Waals surface area contributed by atoms with Gasteiger partial charge >= 0.3 is 0 Å². The molecule has 5 heteroatoms. The number of rotatable bonds is 4. The summed E-state index contributed by atoms with van der Waals surface area (Å²) in [4.78, 5) is 4.51. The van der Waals surface area contributed by atoms with E-state index in [9.17, 15) is 0 Å². The molecule has 0 saturated heterocycles. The molecule has 4 nitrogen and oxygen atoms in total. The molecule has 86 valence electrons. The topological polar surface area (TPSA) is 64.1 Å². The highest BCUT2D eigenvalue weighted by atomic mass is 79.9. The summed E-state index contributed by atoms with van der Waals surface area (Å²) in [7, 11) is 0. The molecule has 0 bridgehead atoms. The Labute approximate surface area is 102 Å². The van der Waals surface area contributed by atoms with Gasteiger partial charge in [-0.1, -0.05) is 15.9 Å². The minimum atomic E-state index is 0.107. The molecule has 0 amide bonds. The first kappa shape index (κ1) is 11.6. The minimum absolute atomic E-state index is 0.107. The second kappa shape index (κ2) is 4.95. The van der Waals surface area contributed by atoms with Crippen molar-refractivity contribution in [2.45, 2.75) is 13.0 Å². The van der Waals surface area contributed by atoms with Crippen LogP contribution in [0, 0.1) is 0 Å². The fourth-order valence-corrected chi connectivity index (χ4v) is 2.16. The zero-order valence-electron chi connectivity index (χ0n) is 8.86. The van der Waals surface area contributed by atoms with Crippen molar-refractivity contribution in [2.24, 2.45) is 5.73 Å². The Morgan fingerprint density at radius 3 is 2.94 bits per heavy atom. The largest absolute Gasteiger partial charge is 0.395 e. The van der Waals surface area contributed by atoms with Crippen molar-refractivity contribution < 1.29 is 5.11 Å². The van der Waals surface area contributed by atoms with E-state index in [1.165, 1.54) is 0 Å². The first-order valence-corrected chi connectivity index (χ1v) is 6.01. The predicted octanol–water partition coefficient (Wildman–Crippen LogP) is 1.29. The maximum Gasteiger partial charge on any atom is 0.111 e. The molecular weight excluding hydrogens is 270 g/mol. The van der Waals surface area contributed by atoms with Crippen molar-refractivity contribution in [1.29, 1.82) is 0 Å². The van der Waals surface area contributed by atoms with Gasteiger partial charge in [-0.25, -0.2) is 4.98 Å². The lowest BCUT2D eigenvalue weighted by Crippen LogP contribution is -2.11. The van der Waals surface area contributed by atoms with Gasteiger partial charge < -0.3 is 15.4 Å². The van der Waals surface area contributed by atoms with Crippen molar-refractivity contribution in [1.82, 2.24) is 9.55 Å². The van der Waals surface area contributed by atoms with E-state index in [1.807, 2.05) is 22.8 Å². The van der Waals surface area contributed by atoms with Gasteiger partial charge in [-0.2, -0.15) is 0 Å². The van der Waals surface area contributed by atoms with Gasteiger partial charge in [0.15, 0.2) is 0 Å². The summed E-state index contributed by atoms with van der Waals surface area (Å²) >= 11 is 3.44. The molecule has 0 spiro atoms. The minimum Gasteiger partial charge on any atom is -0.395 e. The van der Waals surface area contributed by atoms with Crippen LogP contribution < -0.4 is 5.73 Å². The molecular formula is C11H14BrN3O. The molecule has 2 rings (SSSR count). The lowest BCUT2D eigenvalue weighted by Gasteiger charge is -2.06. The molecule has 0 aliphatic heterocycles. The molecule has 0 unspecified atom stereocenters. The zero-order chi connectivity index (χ0) is 11.5. The van der Waals surface area contributed by atoms with Crippen LogP contribution in [0.3, 0.4) is 0 Å². The van der Waals surface area contributed by atoms with Crippen molar-refractivity contribution >= 4 is 27.0 Å². The number of hydrogen-bond donors (Lipinski definition) is 2. The van der Waals surface area contributed by atoms with E-state index in [0.29, 0.717) is 13.1 Å². The number of imidazole rings is 1. The first-order chi connectivity index (χ1) is 7.76. The van der Waals surface area contributed by atoms with Crippen LogP contribution in [0.4, 0.5) is 0 Å². The van der Waals surface area contributed by atoms with Crippen molar-refractivity contribution in [3.63, 3.8) is 0 Å². The summed E-state index contributed by atoms with van der Waals surface area (Å²) in [6, 6.07) is 5.94. The first-order valence-electron chi connectivity index (χ1n) is 5.22. The van der Waals surface area contributed by atoms with Crippen LogP contribution in [0.25, 0.3) is 11.0 Å². The van der Waals surface area contributed by atoms with E-state index in [0.717, 1.165) is 27.8 Å². The van der Waals surface area contributed by atoms with Crippen LogP contribution in [0.1, 0.15) is 5.82 Å². The fraction of sp³-hybridized carbons (Fsp3) is 0.364. The number of aliphatic hydroxyl groups is 1. The summed E-state index contributed by atoms with van der Waals surface area (Å²) in [5.41, 5.74) is 7.53. The van der Waals surface area contributed by atoms with Crippen molar-refractivity contribution in [3.05, 3.63) is 28.5 Å². The summed E-state index contributed by atoms with van der Waals surface area (Å²) in [6.07, 6.45) is 0.728. The third kappa shape index (κ3) is 2.11. The molecule has 2 aromatic rings. The van der Waals surface area contributed by atoms with E-state index >= 15 is 0 Å². The third-order valence-corrected chi connectivity index (χ3v) is 2.97. The fourth-order valence-electron chi connectivity index (χ4n) is 1.82. The van der Waals surface area contributed by atoms with Crippen LogP contribution in [-0.2, 0) is 13.0 Å². The van der Waals surface area contributed by atoms with E-state index in [-0.39, 0.29) is 6.61 Å². The predicted molar refractivity (Wildman–Crippen MR) is 67.3 cm³/mol. The quantitative estimate of drug-likeness (QED) is 0.889. The summed E-state index contributed by atoms with van der Waals surface area (Å²) in [5.74, 6) is 0.935. The number of fused-ring (bicyclic) bond motifs is 1. The SMILES string of the molecule is NCCc1nc2ccc(Br)cc2n1CCO. The second-order valence-electron chi connectivity index (χ2n) is 3.57. The maximum absolute atomic E-state index is 9.07. The van der Waals surface area contributed by atoms with Crippen LogP contribution in [0.5, 0.6) is 0 Å². The Kier molecular flexibility index (Phi) is 3.58. The molecule has 1 aromatic carbocycles. The van der Waals surface area contributed by atoms with E-state index in [1.54, 1.807) is 0 Å². The van der Waals surface area contributed by atoms with Gasteiger partial charge in [0.1, 0.15) is 5.82 Å². The van der Waals surface area contributed by atoms with Gasteiger partial charge in [0.05, 0.1) is 17.6 Å². The Bertz CT molecular complexity index is 495. The Hall–Kier alpha value is -0.910. The van der Waals surface area contributed by atoms with Crippen LogP contribution in [-0.4, -0.2) is 27.8 Å². The van der Waals surface area contributed by atoms with Gasteiger partial charge in [0.25, 0.3) is 0 Å². The monoisotopic (exact) mass is 283 g/mol. The van der Waals surface area contributed by atoms with Gasteiger partial charge in [-0.3, -0.25) is 0 Å². The number of halogens is 1. The van der Waals surface area contributed by atoms with Gasteiger partial charge in [0, 0.05) is 17.4 Å². The van der Waals surface area contributed by atoms with E-state index in [4.69, 9.17) is 10.8 Å². The molecule has 0 saturated carbocycles. The highest BCUT2D eigenvalue weighted by molar-refractivity contribution is 9.10. The molecule has 0 fully saturated rings. The normalized spacial score (nSPS) is 11.2. The van der Waals surface area contributed by atoms with Gasteiger partial charge in [-0.05, 0) is 24.7 Å².